The van der Waals surface area contributed by atoms with E-state index in [2.05, 4.69) is 10.6 Å². The van der Waals surface area contributed by atoms with Crippen LogP contribution in [0.3, 0.4) is 0 Å². The number of carbonyl (C=O) groups excluding carboxylic acids is 1. The third-order valence-electron chi connectivity index (χ3n) is 4.27. The molecule has 3 N–H and O–H groups in total. The molecule has 0 fully saturated rings. The number of phenols is 1. The number of hydrogen-bond donors (Lipinski definition) is 3. The maximum atomic E-state index is 12.5. The summed E-state index contributed by atoms with van der Waals surface area (Å²) in [4.78, 5) is 12.5. The van der Waals surface area contributed by atoms with Crippen molar-refractivity contribution in [3.8, 4) is 11.8 Å². The van der Waals surface area contributed by atoms with Crippen LogP contribution in [0.25, 0.3) is 10.8 Å². The maximum Gasteiger partial charge on any atom is 0.267 e. The largest absolute Gasteiger partial charge is 0.507 e. The molecule has 3 aromatic carbocycles. The van der Waals surface area contributed by atoms with Crippen LogP contribution >= 0.6 is 0 Å². The third-order valence-corrected chi connectivity index (χ3v) is 4.27. The second kappa shape index (κ2) is 7.63. The molecule has 134 valence electrons. The van der Waals surface area contributed by atoms with E-state index in [0.717, 1.165) is 16.8 Å². The molecule has 27 heavy (non-hydrogen) atoms. The lowest BCUT2D eigenvalue weighted by Crippen LogP contribution is -2.15. The smallest absolute Gasteiger partial charge is 0.267 e. The molecule has 0 atom stereocenters. The predicted octanol–water partition coefficient (Wildman–Crippen LogP) is 4.62. The summed E-state index contributed by atoms with van der Waals surface area (Å²) in [6, 6.07) is 18.1. The topological polar surface area (TPSA) is 85.2 Å². The van der Waals surface area contributed by atoms with Gasteiger partial charge in [-0.05, 0) is 37.6 Å². The van der Waals surface area contributed by atoms with Gasteiger partial charge >= 0.3 is 0 Å². The van der Waals surface area contributed by atoms with Gasteiger partial charge in [0.15, 0.2) is 0 Å². The highest BCUT2D eigenvalue weighted by atomic mass is 16.3. The van der Waals surface area contributed by atoms with Crippen molar-refractivity contribution in [1.29, 1.82) is 5.26 Å². The Morgan fingerprint density at radius 2 is 1.78 bits per heavy atom. The first-order chi connectivity index (χ1) is 13.0. The second-order valence-corrected chi connectivity index (χ2v) is 6.26. The van der Waals surface area contributed by atoms with Gasteiger partial charge in [-0.1, -0.05) is 42.0 Å². The minimum Gasteiger partial charge on any atom is -0.507 e. The van der Waals surface area contributed by atoms with Gasteiger partial charge in [0.2, 0.25) is 0 Å². The molecule has 0 unspecified atom stereocenters. The Morgan fingerprint density at radius 3 is 2.52 bits per heavy atom. The molecule has 5 nitrogen and oxygen atoms in total. The van der Waals surface area contributed by atoms with Crippen molar-refractivity contribution in [3.63, 3.8) is 0 Å². The zero-order valence-electron chi connectivity index (χ0n) is 15.1. The van der Waals surface area contributed by atoms with E-state index >= 15 is 0 Å². The van der Waals surface area contributed by atoms with Crippen molar-refractivity contribution in [2.24, 2.45) is 0 Å². The summed E-state index contributed by atoms with van der Waals surface area (Å²) >= 11 is 0. The fourth-order valence-corrected chi connectivity index (χ4v) is 2.87. The summed E-state index contributed by atoms with van der Waals surface area (Å²) in [6.07, 6.45) is 1.40. The second-order valence-electron chi connectivity index (χ2n) is 6.26. The number of aryl methyl sites for hydroxylation is 2. The Hall–Kier alpha value is -3.78. The van der Waals surface area contributed by atoms with Gasteiger partial charge in [-0.25, -0.2) is 0 Å². The fraction of sp³-hybridized carbons (Fsp3) is 0.0909. The lowest BCUT2D eigenvalue weighted by atomic mass is 10.1. The highest BCUT2D eigenvalue weighted by Crippen LogP contribution is 2.30. The standard InChI is InChI=1S/C22H19N3O2/c1-14-9-10-19(15(2)11-14)24-13-16(12-23)22(27)25-20-7-3-6-18-17(20)5-4-8-21(18)26/h3-11,13,24,26H,1-2H3,(H,25,27)/b16-13-. The van der Waals surface area contributed by atoms with Crippen molar-refractivity contribution in [1.82, 2.24) is 0 Å². The zero-order chi connectivity index (χ0) is 19.4. The molecule has 5 heteroatoms. The molecule has 0 heterocycles. The predicted molar refractivity (Wildman–Crippen MR) is 107 cm³/mol. The third kappa shape index (κ3) is 3.91. The van der Waals surface area contributed by atoms with Crippen LogP contribution in [0.15, 0.2) is 66.4 Å². The molecule has 1 amide bonds. The maximum absolute atomic E-state index is 12.5. The quantitative estimate of drug-likeness (QED) is 0.470. The van der Waals surface area contributed by atoms with Crippen LogP contribution < -0.4 is 10.6 Å². The van der Waals surface area contributed by atoms with Crippen LogP contribution in [0, 0.1) is 25.2 Å². The van der Waals surface area contributed by atoms with E-state index in [1.807, 2.05) is 38.1 Å². The number of fused-ring (bicyclic) bond motifs is 1. The summed E-state index contributed by atoms with van der Waals surface area (Å²) in [7, 11) is 0. The zero-order valence-corrected chi connectivity index (χ0v) is 15.1. The normalized spacial score (nSPS) is 11.1. The molecule has 0 aromatic heterocycles. The minimum absolute atomic E-state index is 0.0490. The fourth-order valence-electron chi connectivity index (χ4n) is 2.87. The molecule has 0 spiro atoms. The number of rotatable bonds is 4. The summed E-state index contributed by atoms with van der Waals surface area (Å²) in [5, 5.41) is 26.4. The Morgan fingerprint density at radius 1 is 1.04 bits per heavy atom. The van der Waals surface area contributed by atoms with Crippen LogP contribution in [0.4, 0.5) is 11.4 Å². The number of nitriles is 1. The van der Waals surface area contributed by atoms with Crippen LogP contribution in [0.5, 0.6) is 5.75 Å². The number of nitrogens with one attached hydrogen (secondary N) is 2. The molecule has 0 radical (unpaired) electrons. The molecular weight excluding hydrogens is 338 g/mol. The average molecular weight is 357 g/mol. The number of carbonyl (C=O) groups is 1. The number of amides is 1. The number of benzene rings is 3. The van der Waals surface area contributed by atoms with Crippen LogP contribution in [0.2, 0.25) is 0 Å². The number of hydrogen-bond acceptors (Lipinski definition) is 4. The van der Waals surface area contributed by atoms with Crippen LogP contribution in [0.1, 0.15) is 11.1 Å². The first kappa shape index (κ1) is 18.0. The lowest BCUT2D eigenvalue weighted by molar-refractivity contribution is -0.112. The van der Waals surface area contributed by atoms with Crippen LogP contribution in [-0.2, 0) is 4.79 Å². The van der Waals surface area contributed by atoms with Gasteiger partial charge in [-0.2, -0.15) is 5.26 Å². The van der Waals surface area contributed by atoms with Gasteiger partial charge in [-0.15, -0.1) is 0 Å². The Bertz CT molecular complexity index is 1090. The van der Waals surface area contributed by atoms with E-state index in [4.69, 9.17) is 0 Å². The van der Waals surface area contributed by atoms with E-state index in [1.165, 1.54) is 6.20 Å². The summed E-state index contributed by atoms with van der Waals surface area (Å²) in [6.45, 7) is 3.96. The van der Waals surface area contributed by atoms with E-state index < -0.39 is 5.91 Å². The Labute approximate surface area is 157 Å². The highest BCUT2D eigenvalue weighted by molar-refractivity contribution is 6.11. The van der Waals surface area contributed by atoms with E-state index in [0.29, 0.717) is 16.5 Å². The Kier molecular flexibility index (Phi) is 5.09. The minimum atomic E-state index is -0.523. The summed E-state index contributed by atoms with van der Waals surface area (Å²) < 4.78 is 0. The van der Waals surface area contributed by atoms with Gasteiger partial charge in [0, 0.05) is 28.3 Å². The number of nitrogens with zero attached hydrogens (tertiary/aromatic N) is 1. The van der Waals surface area contributed by atoms with Crippen molar-refractivity contribution in [3.05, 3.63) is 77.5 Å². The number of phenolic OH excluding ortho intramolecular Hbond substituents is 1. The van der Waals surface area contributed by atoms with Gasteiger partial charge in [0.05, 0.1) is 0 Å². The number of anilines is 2. The van der Waals surface area contributed by atoms with Gasteiger partial charge in [-0.3, -0.25) is 4.79 Å². The lowest BCUT2D eigenvalue weighted by Gasteiger charge is -2.10. The first-order valence-electron chi connectivity index (χ1n) is 8.45. The molecule has 0 aliphatic rings. The molecule has 0 saturated carbocycles. The first-order valence-corrected chi connectivity index (χ1v) is 8.45. The van der Waals surface area contributed by atoms with Gasteiger partial charge < -0.3 is 15.7 Å². The molecular formula is C22H19N3O2. The van der Waals surface area contributed by atoms with Crippen LogP contribution in [-0.4, -0.2) is 11.0 Å². The van der Waals surface area contributed by atoms with Gasteiger partial charge in [0.1, 0.15) is 17.4 Å². The van der Waals surface area contributed by atoms with Crippen molar-refractivity contribution >= 4 is 28.1 Å². The van der Waals surface area contributed by atoms with Crippen molar-refractivity contribution < 1.29 is 9.90 Å². The molecule has 0 bridgehead atoms. The van der Waals surface area contributed by atoms with Crippen molar-refractivity contribution in [2.75, 3.05) is 10.6 Å². The number of aromatic hydroxyl groups is 1. The van der Waals surface area contributed by atoms with E-state index in [9.17, 15) is 15.2 Å². The molecule has 0 aliphatic carbocycles. The Balaban J connectivity index is 1.84. The molecule has 0 aliphatic heterocycles. The van der Waals surface area contributed by atoms with E-state index in [1.54, 1.807) is 36.4 Å². The summed E-state index contributed by atoms with van der Waals surface area (Å²) in [5.74, 6) is -0.387. The summed E-state index contributed by atoms with van der Waals surface area (Å²) in [5.41, 5.74) is 3.47. The molecule has 3 aromatic rings. The SMILES string of the molecule is Cc1ccc(N/C=C(/C#N)C(=O)Nc2cccc3c(O)cccc23)c(C)c1. The monoisotopic (exact) mass is 357 g/mol. The van der Waals surface area contributed by atoms with E-state index in [-0.39, 0.29) is 11.3 Å². The van der Waals surface area contributed by atoms with Crippen molar-refractivity contribution in [2.45, 2.75) is 13.8 Å². The molecule has 3 rings (SSSR count). The highest BCUT2D eigenvalue weighted by Gasteiger charge is 2.12. The average Bonchev–Trinajstić information content (AvgIpc) is 2.64. The van der Waals surface area contributed by atoms with Gasteiger partial charge in [0.25, 0.3) is 5.91 Å². The molecule has 0 saturated heterocycles.